The first kappa shape index (κ1) is 11.5. The number of ether oxygens (including phenoxy) is 1. The molecule has 14 heavy (non-hydrogen) atoms. The van der Waals surface area contributed by atoms with Crippen LogP contribution in [0.4, 0.5) is 5.82 Å². The lowest BCUT2D eigenvalue weighted by atomic mass is 10.2. The fraction of sp³-hybridized carbons (Fsp3) is 0.500. The minimum absolute atomic E-state index is 0.487. The highest BCUT2D eigenvalue weighted by molar-refractivity contribution is 9.10. The summed E-state index contributed by atoms with van der Waals surface area (Å²) in [4.78, 5) is 4.27. The smallest absolute Gasteiger partial charge is 0.127 e. The van der Waals surface area contributed by atoms with Crippen molar-refractivity contribution in [3.8, 4) is 0 Å². The Bertz CT molecular complexity index is 281. The number of hydrogen-bond acceptors (Lipinski definition) is 3. The van der Waals surface area contributed by atoms with Gasteiger partial charge in [0.15, 0.2) is 0 Å². The fourth-order valence-corrected chi connectivity index (χ4v) is 1.47. The number of halogens is 1. The maximum atomic E-state index is 5.05. The van der Waals surface area contributed by atoms with Crippen LogP contribution in [-0.2, 0) is 4.74 Å². The molecule has 1 aromatic heterocycles. The van der Waals surface area contributed by atoms with Gasteiger partial charge < -0.3 is 10.1 Å². The average Bonchev–Trinajstić information content (AvgIpc) is 2.15. The summed E-state index contributed by atoms with van der Waals surface area (Å²) in [6, 6.07) is 5.81. The molecule has 0 aliphatic carbocycles. The molecule has 1 heterocycles. The van der Waals surface area contributed by atoms with Crippen molar-refractivity contribution >= 4 is 21.7 Å². The molecule has 0 aliphatic rings. The van der Waals surface area contributed by atoms with Crippen molar-refractivity contribution in [3.05, 3.63) is 22.8 Å². The summed E-state index contributed by atoms with van der Waals surface area (Å²) in [6.07, 6.45) is 0. The fourth-order valence-electron chi connectivity index (χ4n) is 1.13. The summed E-state index contributed by atoms with van der Waals surface area (Å²) in [5.74, 6) is 1.38. The molecule has 0 radical (unpaired) electrons. The molecule has 0 saturated heterocycles. The molecule has 1 atom stereocenters. The molecular formula is C10H15BrN2O. The van der Waals surface area contributed by atoms with Gasteiger partial charge in [0, 0.05) is 13.7 Å². The van der Waals surface area contributed by atoms with Crippen molar-refractivity contribution < 1.29 is 4.74 Å². The Morgan fingerprint density at radius 2 is 2.36 bits per heavy atom. The highest BCUT2D eigenvalue weighted by Crippen LogP contribution is 2.10. The van der Waals surface area contributed by atoms with E-state index in [0.29, 0.717) is 5.92 Å². The van der Waals surface area contributed by atoms with Crippen molar-refractivity contribution in [1.82, 2.24) is 4.98 Å². The third-order valence-corrected chi connectivity index (χ3v) is 2.24. The number of nitrogens with zero attached hydrogens (tertiary/aromatic N) is 1. The van der Waals surface area contributed by atoms with E-state index in [4.69, 9.17) is 4.74 Å². The molecular weight excluding hydrogens is 244 g/mol. The van der Waals surface area contributed by atoms with Crippen LogP contribution in [0.3, 0.4) is 0 Å². The van der Waals surface area contributed by atoms with E-state index in [1.165, 1.54) is 0 Å². The highest BCUT2D eigenvalue weighted by Gasteiger charge is 2.01. The van der Waals surface area contributed by atoms with Gasteiger partial charge in [-0.15, -0.1) is 0 Å². The maximum absolute atomic E-state index is 5.05. The molecule has 1 rings (SSSR count). The minimum atomic E-state index is 0.487. The number of anilines is 1. The van der Waals surface area contributed by atoms with Gasteiger partial charge in [0.05, 0.1) is 6.61 Å². The summed E-state index contributed by atoms with van der Waals surface area (Å²) in [5.41, 5.74) is 0. The van der Waals surface area contributed by atoms with Crippen molar-refractivity contribution in [3.63, 3.8) is 0 Å². The lowest BCUT2D eigenvalue weighted by Crippen LogP contribution is -2.16. The van der Waals surface area contributed by atoms with Crippen molar-refractivity contribution in [2.24, 2.45) is 5.92 Å². The monoisotopic (exact) mass is 258 g/mol. The average molecular weight is 259 g/mol. The predicted octanol–water partition coefficient (Wildman–Crippen LogP) is 2.54. The topological polar surface area (TPSA) is 34.1 Å². The second kappa shape index (κ2) is 5.98. The zero-order chi connectivity index (χ0) is 10.4. The second-order valence-electron chi connectivity index (χ2n) is 3.29. The summed E-state index contributed by atoms with van der Waals surface area (Å²) < 4.78 is 5.90. The Labute approximate surface area is 93.0 Å². The Hall–Kier alpha value is -0.610. The first-order valence-electron chi connectivity index (χ1n) is 4.57. The Morgan fingerprint density at radius 1 is 1.57 bits per heavy atom. The Kier molecular flexibility index (Phi) is 4.90. The number of aromatic nitrogens is 1. The predicted molar refractivity (Wildman–Crippen MR) is 61.5 cm³/mol. The molecule has 78 valence electrons. The van der Waals surface area contributed by atoms with E-state index in [1.54, 1.807) is 7.11 Å². The summed E-state index contributed by atoms with van der Waals surface area (Å²) >= 11 is 3.32. The van der Waals surface area contributed by atoms with Crippen LogP contribution in [-0.4, -0.2) is 25.2 Å². The van der Waals surface area contributed by atoms with Gasteiger partial charge in [-0.25, -0.2) is 4.98 Å². The second-order valence-corrected chi connectivity index (χ2v) is 4.10. The minimum Gasteiger partial charge on any atom is -0.384 e. The van der Waals surface area contributed by atoms with Crippen LogP contribution >= 0.6 is 15.9 Å². The number of methoxy groups -OCH3 is 1. The third kappa shape index (κ3) is 4.07. The molecule has 1 N–H and O–H groups in total. The van der Waals surface area contributed by atoms with Crippen molar-refractivity contribution in [2.45, 2.75) is 6.92 Å². The molecule has 1 unspecified atom stereocenters. The van der Waals surface area contributed by atoms with Gasteiger partial charge in [0.25, 0.3) is 0 Å². The zero-order valence-corrected chi connectivity index (χ0v) is 10.0. The molecule has 4 heteroatoms. The lowest BCUT2D eigenvalue weighted by Gasteiger charge is -2.11. The quantitative estimate of drug-likeness (QED) is 0.825. The Balaban J connectivity index is 2.37. The molecule has 0 amide bonds. The number of nitrogens with one attached hydrogen (secondary N) is 1. The molecule has 0 aliphatic heterocycles. The Morgan fingerprint density at radius 3 is 3.00 bits per heavy atom. The van der Waals surface area contributed by atoms with Crippen LogP contribution in [0.1, 0.15) is 6.92 Å². The summed E-state index contributed by atoms with van der Waals surface area (Å²) in [6.45, 7) is 3.77. The summed E-state index contributed by atoms with van der Waals surface area (Å²) in [7, 11) is 1.72. The number of pyridine rings is 1. The van der Waals surface area contributed by atoms with E-state index in [0.717, 1.165) is 23.6 Å². The standard InChI is InChI=1S/C10H15BrN2O/c1-8(7-14-2)6-12-10-5-3-4-9(11)13-10/h3-5,8H,6-7H2,1-2H3,(H,12,13). The van der Waals surface area contributed by atoms with Gasteiger partial charge >= 0.3 is 0 Å². The van der Waals surface area contributed by atoms with Gasteiger partial charge in [0.1, 0.15) is 10.4 Å². The molecule has 3 nitrogen and oxygen atoms in total. The van der Waals surface area contributed by atoms with Crippen LogP contribution in [0.5, 0.6) is 0 Å². The maximum Gasteiger partial charge on any atom is 0.127 e. The highest BCUT2D eigenvalue weighted by atomic mass is 79.9. The molecule has 1 aromatic rings. The van der Waals surface area contributed by atoms with Crippen LogP contribution in [0, 0.1) is 5.92 Å². The van der Waals surface area contributed by atoms with Gasteiger partial charge in [-0.3, -0.25) is 0 Å². The van der Waals surface area contributed by atoms with E-state index >= 15 is 0 Å². The largest absolute Gasteiger partial charge is 0.384 e. The van der Waals surface area contributed by atoms with E-state index < -0.39 is 0 Å². The third-order valence-electron chi connectivity index (χ3n) is 1.80. The lowest BCUT2D eigenvalue weighted by molar-refractivity contribution is 0.164. The van der Waals surface area contributed by atoms with Gasteiger partial charge in [0.2, 0.25) is 0 Å². The van der Waals surface area contributed by atoms with Crippen molar-refractivity contribution in [2.75, 3.05) is 25.6 Å². The van der Waals surface area contributed by atoms with Crippen LogP contribution < -0.4 is 5.32 Å². The van der Waals surface area contributed by atoms with Crippen LogP contribution in [0.15, 0.2) is 22.8 Å². The van der Waals surface area contributed by atoms with Crippen LogP contribution in [0.2, 0.25) is 0 Å². The molecule has 0 bridgehead atoms. The van der Waals surface area contributed by atoms with Gasteiger partial charge in [-0.1, -0.05) is 13.0 Å². The van der Waals surface area contributed by atoms with E-state index in [9.17, 15) is 0 Å². The zero-order valence-electron chi connectivity index (χ0n) is 8.46. The normalized spacial score (nSPS) is 12.5. The van der Waals surface area contributed by atoms with E-state index in [2.05, 4.69) is 33.2 Å². The van der Waals surface area contributed by atoms with Crippen molar-refractivity contribution in [1.29, 1.82) is 0 Å². The molecule has 0 spiro atoms. The SMILES string of the molecule is COCC(C)CNc1cccc(Br)n1. The number of hydrogen-bond donors (Lipinski definition) is 1. The van der Waals surface area contributed by atoms with Crippen LogP contribution in [0.25, 0.3) is 0 Å². The summed E-state index contributed by atoms with van der Waals surface area (Å²) in [5, 5.41) is 3.25. The first-order valence-corrected chi connectivity index (χ1v) is 5.37. The van der Waals surface area contributed by atoms with Gasteiger partial charge in [-0.2, -0.15) is 0 Å². The van der Waals surface area contributed by atoms with E-state index in [-0.39, 0.29) is 0 Å². The molecule has 0 saturated carbocycles. The first-order chi connectivity index (χ1) is 6.72. The van der Waals surface area contributed by atoms with E-state index in [1.807, 2.05) is 18.2 Å². The van der Waals surface area contributed by atoms with Gasteiger partial charge in [-0.05, 0) is 34.0 Å². The molecule has 0 aromatic carbocycles. The number of rotatable bonds is 5. The molecule has 0 fully saturated rings.